The highest BCUT2D eigenvalue weighted by molar-refractivity contribution is 7.82. The second-order valence-electron chi connectivity index (χ2n) is 6.12. The average Bonchev–Trinajstić information content (AvgIpc) is 2.63. The first-order chi connectivity index (χ1) is 12.5. The van der Waals surface area contributed by atoms with Crippen molar-refractivity contribution in [3.63, 3.8) is 0 Å². The van der Waals surface area contributed by atoms with E-state index in [9.17, 15) is 13.0 Å². The molecule has 0 amide bonds. The highest BCUT2D eigenvalue weighted by atomic mass is 35.5. The third kappa shape index (κ3) is 4.31. The Morgan fingerprint density at radius 1 is 1.23 bits per heavy atom. The van der Waals surface area contributed by atoms with E-state index in [-0.39, 0.29) is 27.4 Å². The van der Waals surface area contributed by atoms with Crippen molar-refractivity contribution in [2.75, 3.05) is 6.61 Å². The Labute approximate surface area is 158 Å². The number of benzene rings is 2. The Bertz CT molecular complexity index is 855. The molecule has 0 aromatic heterocycles. The summed E-state index contributed by atoms with van der Waals surface area (Å²) in [7, 11) is -1.95. The number of hydrogen-bond acceptors (Lipinski definition) is 2. The van der Waals surface area contributed by atoms with Crippen molar-refractivity contribution in [2.24, 2.45) is 11.1 Å². The van der Waals surface area contributed by atoms with Gasteiger partial charge >= 0.3 is 0 Å². The summed E-state index contributed by atoms with van der Waals surface area (Å²) in [6, 6.07) is 8.68. The molecule has 7 heteroatoms. The highest BCUT2D eigenvalue weighted by Crippen LogP contribution is 2.35. The van der Waals surface area contributed by atoms with Gasteiger partial charge < -0.3 is 4.74 Å². The van der Waals surface area contributed by atoms with Crippen LogP contribution in [0.15, 0.2) is 47.4 Å². The molecule has 26 heavy (non-hydrogen) atoms. The summed E-state index contributed by atoms with van der Waals surface area (Å²) in [6.07, 6.45) is 5.02. The van der Waals surface area contributed by atoms with Gasteiger partial charge in [-0.15, -0.1) is 0 Å². The third-order valence-corrected chi connectivity index (χ3v) is 5.42. The number of hydrogen-bond donors (Lipinski definition) is 1. The van der Waals surface area contributed by atoms with Crippen LogP contribution in [0.1, 0.15) is 24.8 Å². The molecular weight excluding hydrogens is 380 g/mol. The maximum Gasteiger partial charge on any atom is 0.144 e. The minimum Gasteiger partial charge on any atom is -0.491 e. The molecule has 0 saturated carbocycles. The highest BCUT2D eigenvalue weighted by Gasteiger charge is 2.21. The van der Waals surface area contributed by atoms with E-state index in [1.807, 2.05) is 0 Å². The second kappa shape index (κ2) is 8.29. The number of rotatable bonds is 5. The molecule has 0 bridgehead atoms. The average molecular weight is 398 g/mol. The molecule has 3 nitrogen and oxygen atoms in total. The summed E-state index contributed by atoms with van der Waals surface area (Å²) in [5.41, 5.74) is 2.04. The fourth-order valence-corrected chi connectivity index (χ4v) is 3.85. The zero-order valence-corrected chi connectivity index (χ0v) is 15.5. The maximum absolute atomic E-state index is 14.0. The molecule has 2 aromatic rings. The van der Waals surface area contributed by atoms with Crippen LogP contribution < -0.4 is 9.88 Å². The lowest BCUT2D eigenvalue weighted by Gasteiger charge is -2.25. The molecule has 2 N–H and O–H groups in total. The van der Waals surface area contributed by atoms with Crippen molar-refractivity contribution in [2.45, 2.75) is 24.2 Å². The molecular formula is C19H18ClF2NO2S. The lowest BCUT2D eigenvalue weighted by molar-refractivity contribution is 0.267. The van der Waals surface area contributed by atoms with E-state index < -0.39 is 16.8 Å². The Morgan fingerprint density at radius 3 is 2.65 bits per heavy atom. The van der Waals surface area contributed by atoms with Gasteiger partial charge in [-0.25, -0.2) is 18.1 Å². The SMILES string of the molecule is NS(=O)c1cc(Cl)c(OCC2CCCC=C2c2ccc(F)cc2)cc1F. The molecule has 1 aliphatic carbocycles. The van der Waals surface area contributed by atoms with Crippen LogP contribution in [0.4, 0.5) is 8.78 Å². The van der Waals surface area contributed by atoms with Gasteiger partial charge in [0.15, 0.2) is 0 Å². The van der Waals surface area contributed by atoms with Gasteiger partial charge in [0, 0.05) is 12.0 Å². The summed E-state index contributed by atoms with van der Waals surface area (Å²) in [5, 5.41) is 5.37. The van der Waals surface area contributed by atoms with Crippen molar-refractivity contribution in [3.05, 3.63) is 64.7 Å². The van der Waals surface area contributed by atoms with E-state index >= 15 is 0 Å². The molecule has 2 unspecified atom stereocenters. The van der Waals surface area contributed by atoms with Gasteiger partial charge in [0.05, 0.1) is 16.5 Å². The van der Waals surface area contributed by atoms with E-state index in [4.69, 9.17) is 21.5 Å². The van der Waals surface area contributed by atoms with E-state index in [2.05, 4.69) is 6.08 Å². The van der Waals surface area contributed by atoms with Crippen LogP contribution in [0, 0.1) is 17.6 Å². The summed E-state index contributed by atoms with van der Waals surface area (Å²) < 4.78 is 44.1. The van der Waals surface area contributed by atoms with Gasteiger partial charge in [0.1, 0.15) is 28.4 Å². The Balaban J connectivity index is 1.77. The Kier molecular flexibility index (Phi) is 6.06. The van der Waals surface area contributed by atoms with Crippen molar-refractivity contribution in [3.8, 4) is 5.75 Å². The monoisotopic (exact) mass is 397 g/mol. The zero-order chi connectivity index (χ0) is 18.7. The van der Waals surface area contributed by atoms with Crippen LogP contribution in [-0.4, -0.2) is 10.8 Å². The third-order valence-electron chi connectivity index (χ3n) is 4.38. The summed E-state index contributed by atoms with van der Waals surface area (Å²) in [4.78, 5) is -0.160. The van der Waals surface area contributed by atoms with Crippen LogP contribution in [0.25, 0.3) is 5.57 Å². The molecule has 2 atom stereocenters. The molecule has 138 valence electrons. The largest absolute Gasteiger partial charge is 0.491 e. The van der Waals surface area contributed by atoms with Crippen molar-refractivity contribution in [1.29, 1.82) is 0 Å². The predicted molar refractivity (Wildman–Crippen MR) is 99.2 cm³/mol. The number of ether oxygens (including phenoxy) is 1. The molecule has 1 aliphatic rings. The quantitative estimate of drug-likeness (QED) is 0.783. The van der Waals surface area contributed by atoms with Crippen LogP contribution >= 0.6 is 11.6 Å². The number of allylic oxidation sites excluding steroid dienone is 1. The molecule has 0 spiro atoms. The standard InChI is InChI=1S/C19H18ClF2NO2S/c20-16-9-19(26(23)24)17(22)10-18(16)25-11-13-3-1-2-4-15(13)12-5-7-14(21)8-6-12/h4-10,13H,1-3,11,23H2. The second-order valence-corrected chi connectivity index (χ2v) is 7.56. The predicted octanol–water partition coefficient (Wildman–Crippen LogP) is 4.86. The van der Waals surface area contributed by atoms with Gasteiger partial charge in [-0.1, -0.05) is 29.8 Å². The van der Waals surface area contributed by atoms with Crippen LogP contribution in [0.5, 0.6) is 5.75 Å². The van der Waals surface area contributed by atoms with Crippen molar-refractivity contribution >= 4 is 28.2 Å². The minimum absolute atomic E-state index is 0.0941. The maximum atomic E-state index is 14.0. The fourth-order valence-electron chi connectivity index (χ4n) is 3.08. The lowest BCUT2D eigenvalue weighted by atomic mass is 9.84. The molecule has 0 radical (unpaired) electrons. The normalized spacial score (nSPS) is 18.3. The van der Waals surface area contributed by atoms with E-state index in [1.165, 1.54) is 18.2 Å². The summed E-state index contributed by atoms with van der Waals surface area (Å²) in [5.74, 6) is -0.722. The van der Waals surface area contributed by atoms with Crippen molar-refractivity contribution < 1.29 is 17.7 Å². The first-order valence-corrected chi connectivity index (χ1v) is 9.79. The van der Waals surface area contributed by atoms with E-state index in [0.717, 1.165) is 36.5 Å². The zero-order valence-electron chi connectivity index (χ0n) is 13.9. The number of halogens is 3. The van der Waals surface area contributed by atoms with E-state index in [0.29, 0.717) is 6.61 Å². The van der Waals surface area contributed by atoms with Gasteiger partial charge in [-0.3, -0.25) is 0 Å². The molecule has 0 saturated heterocycles. The lowest BCUT2D eigenvalue weighted by Crippen LogP contribution is -2.17. The molecule has 3 rings (SSSR count). The van der Waals surface area contributed by atoms with Crippen molar-refractivity contribution in [1.82, 2.24) is 0 Å². The van der Waals surface area contributed by atoms with Crippen LogP contribution in [0.2, 0.25) is 5.02 Å². The van der Waals surface area contributed by atoms with Crippen LogP contribution in [0.3, 0.4) is 0 Å². The first kappa shape index (κ1) is 19.0. The summed E-state index contributed by atoms with van der Waals surface area (Å²) >= 11 is 6.10. The molecule has 0 fully saturated rings. The van der Waals surface area contributed by atoms with Crippen LogP contribution in [-0.2, 0) is 11.0 Å². The number of nitrogens with two attached hydrogens (primary N) is 1. The molecule has 2 aromatic carbocycles. The fraction of sp³-hybridized carbons (Fsp3) is 0.263. The topological polar surface area (TPSA) is 52.3 Å². The molecule has 0 aliphatic heterocycles. The van der Waals surface area contributed by atoms with Gasteiger partial charge in [-0.05, 0) is 48.6 Å². The summed E-state index contributed by atoms with van der Waals surface area (Å²) in [6.45, 7) is 0.313. The van der Waals surface area contributed by atoms with E-state index in [1.54, 1.807) is 12.1 Å². The first-order valence-electron chi connectivity index (χ1n) is 8.19. The van der Waals surface area contributed by atoms with Gasteiger partial charge in [-0.2, -0.15) is 0 Å². The molecule has 0 heterocycles. The van der Waals surface area contributed by atoms with Gasteiger partial charge in [0.2, 0.25) is 0 Å². The smallest absolute Gasteiger partial charge is 0.144 e. The Morgan fingerprint density at radius 2 is 1.96 bits per heavy atom. The minimum atomic E-state index is -1.95. The Hall–Kier alpha value is -1.76. The van der Waals surface area contributed by atoms with Gasteiger partial charge in [0.25, 0.3) is 0 Å².